The Bertz CT molecular complexity index is 1040. The summed E-state index contributed by atoms with van der Waals surface area (Å²) in [5.41, 5.74) is 4.75. The SMILES string of the molecule is C=CCN1CCC2CCCC(C1)N2C(c1ccc(C(=O)NC2CCCCCC2)cc1)c1cccc(C)c1. The summed E-state index contributed by atoms with van der Waals surface area (Å²) in [6, 6.07) is 19.2. The molecule has 198 valence electrons. The minimum absolute atomic E-state index is 0.0808. The van der Waals surface area contributed by atoms with E-state index >= 15 is 0 Å². The maximum Gasteiger partial charge on any atom is 0.251 e. The van der Waals surface area contributed by atoms with E-state index in [0.717, 1.165) is 38.0 Å². The van der Waals surface area contributed by atoms with Crippen LogP contribution in [0.15, 0.2) is 61.2 Å². The van der Waals surface area contributed by atoms with Gasteiger partial charge in [0.2, 0.25) is 0 Å². The number of carbonyl (C=O) groups is 1. The molecule has 3 fully saturated rings. The van der Waals surface area contributed by atoms with Gasteiger partial charge in [-0.2, -0.15) is 0 Å². The number of benzene rings is 2. The first kappa shape index (κ1) is 26.2. The molecule has 2 bridgehead atoms. The predicted octanol–water partition coefficient (Wildman–Crippen LogP) is 6.65. The second kappa shape index (κ2) is 12.4. The lowest BCUT2D eigenvalue weighted by molar-refractivity contribution is 0.0563. The van der Waals surface area contributed by atoms with E-state index < -0.39 is 0 Å². The Balaban J connectivity index is 1.42. The van der Waals surface area contributed by atoms with Crippen molar-refractivity contribution in [2.45, 2.75) is 95.3 Å². The van der Waals surface area contributed by atoms with Crippen LogP contribution in [0.1, 0.15) is 97.3 Å². The number of aryl methyl sites for hydroxylation is 1. The summed E-state index contributed by atoms with van der Waals surface area (Å²) in [5, 5.41) is 3.32. The standard InChI is InChI=1S/C33H45N3O/c1-3-21-35-22-20-30-14-9-15-31(24-35)36(30)32(28-11-8-10-25(2)23-28)26-16-18-27(19-17-26)33(37)34-29-12-6-4-5-7-13-29/h3,8,10-11,16-19,23,29-32H,1,4-7,9,12-15,20-22,24H2,2H3,(H,34,37). The molecular weight excluding hydrogens is 454 g/mol. The third-order valence-corrected chi connectivity index (χ3v) is 8.89. The van der Waals surface area contributed by atoms with E-state index in [1.165, 1.54) is 68.1 Å². The number of rotatable bonds is 7. The fourth-order valence-electron chi connectivity index (χ4n) is 7.04. The molecule has 0 aromatic heterocycles. The molecule has 2 aromatic rings. The molecule has 2 aliphatic heterocycles. The summed E-state index contributed by atoms with van der Waals surface area (Å²) in [5.74, 6) is 0.0808. The minimum atomic E-state index is 0.0808. The zero-order valence-electron chi connectivity index (χ0n) is 22.7. The number of hydrogen-bond donors (Lipinski definition) is 1. The third-order valence-electron chi connectivity index (χ3n) is 8.89. The number of fused-ring (bicyclic) bond motifs is 2. The predicted molar refractivity (Wildman–Crippen MR) is 153 cm³/mol. The molecule has 3 aliphatic rings. The van der Waals surface area contributed by atoms with E-state index in [0.29, 0.717) is 18.1 Å². The fourth-order valence-corrected chi connectivity index (χ4v) is 7.04. The molecule has 0 radical (unpaired) electrons. The van der Waals surface area contributed by atoms with Crippen LogP contribution in [0.4, 0.5) is 0 Å². The molecule has 2 saturated heterocycles. The molecule has 1 amide bonds. The minimum Gasteiger partial charge on any atom is -0.349 e. The van der Waals surface area contributed by atoms with Crippen molar-refractivity contribution in [1.29, 1.82) is 0 Å². The summed E-state index contributed by atoms with van der Waals surface area (Å²) in [6.45, 7) is 9.41. The lowest BCUT2D eigenvalue weighted by Gasteiger charge is -2.46. The van der Waals surface area contributed by atoms with Gasteiger partial charge in [0, 0.05) is 43.3 Å². The van der Waals surface area contributed by atoms with Gasteiger partial charge in [-0.15, -0.1) is 6.58 Å². The number of carbonyl (C=O) groups excluding carboxylic acids is 1. The Hall–Kier alpha value is -2.43. The first-order valence-electron chi connectivity index (χ1n) is 14.7. The van der Waals surface area contributed by atoms with Gasteiger partial charge in [0.05, 0.1) is 6.04 Å². The molecule has 1 aliphatic carbocycles. The highest BCUT2D eigenvalue weighted by Gasteiger charge is 2.39. The van der Waals surface area contributed by atoms with Gasteiger partial charge in [0.15, 0.2) is 0 Å². The maximum absolute atomic E-state index is 13.1. The normalized spacial score (nSPS) is 24.6. The zero-order chi connectivity index (χ0) is 25.6. The van der Waals surface area contributed by atoms with E-state index in [4.69, 9.17) is 0 Å². The highest BCUT2D eigenvalue weighted by Crippen LogP contribution is 2.40. The highest BCUT2D eigenvalue weighted by atomic mass is 16.1. The Morgan fingerprint density at radius 2 is 1.70 bits per heavy atom. The van der Waals surface area contributed by atoms with Gasteiger partial charge in [-0.3, -0.25) is 14.6 Å². The van der Waals surface area contributed by atoms with Crippen LogP contribution < -0.4 is 5.32 Å². The second-order valence-corrected chi connectivity index (χ2v) is 11.6. The molecule has 37 heavy (non-hydrogen) atoms. The molecule has 4 nitrogen and oxygen atoms in total. The summed E-state index contributed by atoms with van der Waals surface area (Å²) < 4.78 is 0. The van der Waals surface area contributed by atoms with Gasteiger partial charge >= 0.3 is 0 Å². The van der Waals surface area contributed by atoms with Crippen molar-refractivity contribution in [1.82, 2.24) is 15.1 Å². The fraction of sp³-hybridized carbons (Fsp3) is 0.545. The van der Waals surface area contributed by atoms with Crippen molar-refractivity contribution in [3.63, 3.8) is 0 Å². The Morgan fingerprint density at radius 1 is 0.946 bits per heavy atom. The zero-order valence-corrected chi connectivity index (χ0v) is 22.7. The van der Waals surface area contributed by atoms with Crippen LogP contribution in [0.3, 0.4) is 0 Å². The van der Waals surface area contributed by atoms with Crippen molar-refractivity contribution < 1.29 is 4.79 Å². The molecule has 1 N–H and O–H groups in total. The molecule has 1 saturated carbocycles. The van der Waals surface area contributed by atoms with Crippen LogP contribution in [0.5, 0.6) is 0 Å². The smallest absolute Gasteiger partial charge is 0.251 e. The van der Waals surface area contributed by atoms with Gasteiger partial charge in [0.25, 0.3) is 5.91 Å². The number of nitrogens with one attached hydrogen (secondary N) is 1. The van der Waals surface area contributed by atoms with Gasteiger partial charge < -0.3 is 5.32 Å². The topological polar surface area (TPSA) is 35.6 Å². The molecular formula is C33H45N3O. The summed E-state index contributed by atoms with van der Waals surface area (Å²) in [6.07, 6.45) is 14.3. The van der Waals surface area contributed by atoms with Crippen molar-refractivity contribution >= 4 is 5.91 Å². The molecule has 2 heterocycles. The van der Waals surface area contributed by atoms with Gasteiger partial charge in [0.1, 0.15) is 0 Å². The molecule has 4 heteroatoms. The Morgan fingerprint density at radius 3 is 2.43 bits per heavy atom. The van der Waals surface area contributed by atoms with Gasteiger partial charge in [-0.25, -0.2) is 0 Å². The Kier molecular flexibility index (Phi) is 8.78. The van der Waals surface area contributed by atoms with Crippen molar-refractivity contribution in [3.05, 3.63) is 83.4 Å². The summed E-state index contributed by atoms with van der Waals surface area (Å²) in [4.78, 5) is 18.5. The van der Waals surface area contributed by atoms with E-state index in [9.17, 15) is 4.79 Å². The van der Waals surface area contributed by atoms with E-state index in [1.54, 1.807) is 0 Å². The molecule has 2 aromatic carbocycles. The van der Waals surface area contributed by atoms with Gasteiger partial charge in [-0.1, -0.05) is 80.1 Å². The summed E-state index contributed by atoms with van der Waals surface area (Å²) in [7, 11) is 0. The van der Waals surface area contributed by atoms with Crippen molar-refractivity contribution in [2.24, 2.45) is 0 Å². The van der Waals surface area contributed by atoms with E-state index in [-0.39, 0.29) is 11.9 Å². The lowest BCUT2D eigenvalue weighted by atomic mass is 9.87. The van der Waals surface area contributed by atoms with Crippen LogP contribution in [0, 0.1) is 6.92 Å². The second-order valence-electron chi connectivity index (χ2n) is 11.6. The van der Waals surface area contributed by atoms with Gasteiger partial charge in [-0.05, 0) is 62.3 Å². The molecule has 5 rings (SSSR count). The Labute approximate surface area is 224 Å². The number of piperidine rings is 1. The van der Waals surface area contributed by atoms with Crippen LogP contribution in [-0.2, 0) is 0 Å². The lowest BCUT2D eigenvalue weighted by Crippen LogP contribution is -2.50. The highest BCUT2D eigenvalue weighted by molar-refractivity contribution is 5.94. The largest absolute Gasteiger partial charge is 0.349 e. The van der Waals surface area contributed by atoms with Crippen LogP contribution in [0.2, 0.25) is 0 Å². The average molecular weight is 500 g/mol. The molecule has 3 unspecified atom stereocenters. The van der Waals surface area contributed by atoms with E-state index in [1.807, 2.05) is 0 Å². The van der Waals surface area contributed by atoms with Crippen LogP contribution >= 0.6 is 0 Å². The number of nitrogens with zero attached hydrogens (tertiary/aromatic N) is 2. The summed E-state index contributed by atoms with van der Waals surface area (Å²) >= 11 is 0. The van der Waals surface area contributed by atoms with Crippen LogP contribution in [-0.4, -0.2) is 53.5 Å². The van der Waals surface area contributed by atoms with Crippen LogP contribution in [0.25, 0.3) is 0 Å². The quantitative estimate of drug-likeness (QED) is 0.342. The third kappa shape index (κ3) is 6.35. The number of amides is 1. The van der Waals surface area contributed by atoms with Crippen molar-refractivity contribution in [2.75, 3.05) is 19.6 Å². The van der Waals surface area contributed by atoms with Crippen molar-refractivity contribution in [3.8, 4) is 0 Å². The molecule has 3 atom stereocenters. The maximum atomic E-state index is 13.1. The first-order valence-corrected chi connectivity index (χ1v) is 14.7. The molecule has 0 spiro atoms. The first-order chi connectivity index (χ1) is 18.1. The average Bonchev–Trinajstić information content (AvgIpc) is 3.21. The monoisotopic (exact) mass is 499 g/mol. The number of hydrogen-bond acceptors (Lipinski definition) is 3. The van der Waals surface area contributed by atoms with E-state index in [2.05, 4.69) is 83.2 Å².